The predicted octanol–water partition coefficient (Wildman–Crippen LogP) is 3.21. The van der Waals surface area contributed by atoms with Crippen molar-refractivity contribution < 1.29 is 18.8 Å². The zero-order chi connectivity index (χ0) is 21.1. The number of benzene rings is 1. The summed E-state index contributed by atoms with van der Waals surface area (Å²) in [6.07, 6.45) is 3.87. The maximum Gasteiger partial charge on any atom is 0.290 e. The molecule has 4 rings (SSSR count). The van der Waals surface area contributed by atoms with E-state index in [4.69, 9.17) is 9.26 Å². The van der Waals surface area contributed by atoms with Crippen LogP contribution in [0, 0.1) is 5.92 Å². The van der Waals surface area contributed by atoms with Crippen LogP contribution in [0.4, 0.5) is 0 Å². The molecule has 1 aliphatic heterocycles. The highest BCUT2D eigenvalue weighted by Crippen LogP contribution is 2.27. The summed E-state index contributed by atoms with van der Waals surface area (Å²) in [5.41, 5.74) is 1.91. The second-order valence-corrected chi connectivity index (χ2v) is 8.62. The normalized spacial score (nSPS) is 23.4. The second-order valence-electron chi connectivity index (χ2n) is 8.62. The van der Waals surface area contributed by atoms with Crippen molar-refractivity contribution in [2.75, 3.05) is 6.61 Å². The third kappa shape index (κ3) is 4.66. The van der Waals surface area contributed by atoms with E-state index in [2.05, 4.69) is 15.8 Å². The summed E-state index contributed by atoms with van der Waals surface area (Å²) in [4.78, 5) is 25.1. The molecule has 2 amide bonds. The van der Waals surface area contributed by atoms with Gasteiger partial charge in [-0.3, -0.25) is 9.59 Å². The van der Waals surface area contributed by atoms with Crippen LogP contribution in [0.25, 0.3) is 0 Å². The zero-order valence-corrected chi connectivity index (χ0v) is 17.5. The van der Waals surface area contributed by atoms with Crippen molar-refractivity contribution in [3.63, 3.8) is 0 Å². The minimum absolute atomic E-state index is 0.00596. The highest BCUT2D eigenvalue weighted by Gasteiger charge is 2.30. The van der Waals surface area contributed by atoms with E-state index in [9.17, 15) is 9.59 Å². The molecule has 1 aromatic carbocycles. The molecule has 7 heteroatoms. The molecule has 1 unspecified atom stereocenters. The molecular formula is C23H29N3O4. The highest BCUT2D eigenvalue weighted by molar-refractivity contribution is 5.91. The van der Waals surface area contributed by atoms with Crippen LogP contribution < -0.4 is 15.4 Å². The van der Waals surface area contributed by atoms with Crippen LogP contribution in [-0.2, 0) is 11.2 Å². The fourth-order valence-corrected chi connectivity index (χ4v) is 4.16. The van der Waals surface area contributed by atoms with Crippen molar-refractivity contribution in [3.05, 3.63) is 47.3 Å². The smallest absolute Gasteiger partial charge is 0.290 e. The number of para-hydroxylation sites is 1. The quantitative estimate of drug-likeness (QED) is 0.788. The van der Waals surface area contributed by atoms with Crippen molar-refractivity contribution in [2.45, 2.75) is 64.0 Å². The van der Waals surface area contributed by atoms with Gasteiger partial charge in [-0.05, 0) is 49.7 Å². The largest absolute Gasteiger partial charge is 0.491 e. The summed E-state index contributed by atoms with van der Waals surface area (Å²) >= 11 is 0. The van der Waals surface area contributed by atoms with Gasteiger partial charge < -0.3 is 19.9 Å². The third-order valence-electron chi connectivity index (χ3n) is 6.00. The summed E-state index contributed by atoms with van der Waals surface area (Å²) < 4.78 is 10.9. The number of rotatable bonds is 5. The molecule has 1 saturated carbocycles. The lowest BCUT2D eigenvalue weighted by Crippen LogP contribution is -2.47. The van der Waals surface area contributed by atoms with Crippen LogP contribution in [0.15, 0.2) is 34.9 Å². The Bertz CT molecular complexity index is 899. The van der Waals surface area contributed by atoms with Crippen molar-refractivity contribution in [3.8, 4) is 5.75 Å². The molecule has 1 aliphatic carbocycles. The van der Waals surface area contributed by atoms with Crippen LogP contribution in [0.5, 0.6) is 5.75 Å². The van der Waals surface area contributed by atoms with Gasteiger partial charge in [0, 0.05) is 18.0 Å². The average molecular weight is 412 g/mol. The minimum Gasteiger partial charge on any atom is -0.491 e. The number of carbonyl (C=O) groups excluding carboxylic acids is 2. The van der Waals surface area contributed by atoms with E-state index >= 15 is 0 Å². The lowest BCUT2D eigenvalue weighted by atomic mass is 9.85. The Morgan fingerprint density at radius 2 is 1.83 bits per heavy atom. The second kappa shape index (κ2) is 8.90. The van der Waals surface area contributed by atoms with Gasteiger partial charge in [-0.25, -0.2) is 0 Å². The van der Waals surface area contributed by atoms with E-state index in [0.29, 0.717) is 6.61 Å². The van der Waals surface area contributed by atoms with E-state index in [1.807, 2.05) is 38.1 Å². The fourth-order valence-electron chi connectivity index (χ4n) is 4.16. The monoisotopic (exact) mass is 411 g/mol. The van der Waals surface area contributed by atoms with Gasteiger partial charge in [-0.2, -0.15) is 0 Å². The molecule has 30 heavy (non-hydrogen) atoms. The Morgan fingerprint density at radius 1 is 1.07 bits per heavy atom. The van der Waals surface area contributed by atoms with Gasteiger partial charge in [-0.15, -0.1) is 0 Å². The highest BCUT2D eigenvalue weighted by atomic mass is 16.5. The van der Waals surface area contributed by atoms with Crippen LogP contribution >= 0.6 is 0 Å². The average Bonchev–Trinajstić information content (AvgIpc) is 3.25. The van der Waals surface area contributed by atoms with Gasteiger partial charge in [0.25, 0.3) is 5.91 Å². The maximum atomic E-state index is 12.7. The molecule has 7 nitrogen and oxygen atoms in total. The lowest BCUT2D eigenvalue weighted by molar-refractivity contribution is -0.127. The number of nitrogens with one attached hydrogen (secondary N) is 2. The summed E-state index contributed by atoms with van der Waals surface area (Å²) in [5.74, 6) is 1.20. The van der Waals surface area contributed by atoms with Crippen LogP contribution in [-0.4, -0.2) is 35.7 Å². The first-order valence-corrected chi connectivity index (χ1v) is 10.8. The van der Waals surface area contributed by atoms with Gasteiger partial charge >= 0.3 is 0 Å². The molecule has 1 aromatic heterocycles. The first-order valence-electron chi connectivity index (χ1n) is 10.8. The van der Waals surface area contributed by atoms with Gasteiger partial charge in [0.15, 0.2) is 0 Å². The predicted molar refractivity (Wildman–Crippen MR) is 111 cm³/mol. The number of hydrogen-bond donors (Lipinski definition) is 2. The molecule has 0 bridgehead atoms. The van der Waals surface area contributed by atoms with E-state index in [1.165, 1.54) is 0 Å². The molecule has 1 fully saturated rings. The topological polar surface area (TPSA) is 93.5 Å². The number of aromatic nitrogens is 1. The maximum absolute atomic E-state index is 12.7. The van der Waals surface area contributed by atoms with Gasteiger partial charge in [0.2, 0.25) is 11.7 Å². The van der Waals surface area contributed by atoms with E-state index in [0.717, 1.165) is 49.1 Å². The Hall–Kier alpha value is -2.83. The number of hydrogen-bond acceptors (Lipinski definition) is 5. The number of nitrogens with zero attached hydrogens (tertiary/aromatic N) is 1. The minimum atomic E-state index is -0.236. The van der Waals surface area contributed by atoms with Crippen molar-refractivity contribution in [1.82, 2.24) is 15.8 Å². The standard InChI is InChI=1S/C23H29N3O4/c1-14(2)19-12-21(30-26-19)23(28)24-17-9-7-15(8-10-17)22(27)25-18-11-16-5-3-4-6-20(16)29-13-18/h3-6,12,14-15,17-18H,7-11,13H2,1-2H3,(H,24,28)(H,25,27). The van der Waals surface area contributed by atoms with E-state index in [-0.39, 0.29) is 41.5 Å². The SMILES string of the molecule is CC(C)c1cc(C(=O)NC2CCC(C(=O)NC3COc4ccccc4C3)CC2)on1. The van der Waals surface area contributed by atoms with Gasteiger partial charge in [0.05, 0.1) is 11.7 Å². The number of amides is 2. The molecule has 2 N–H and O–H groups in total. The molecule has 0 spiro atoms. The van der Waals surface area contributed by atoms with Crippen molar-refractivity contribution >= 4 is 11.8 Å². The Balaban J connectivity index is 1.23. The molecular weight excluding hydrogens is 382 g/mol. The molecule has 0 saturated heterocycles. The Kier molecular flexibility index (Phi) is 6.06. The lowest BCUT2D eigenvalue weighted by Gasteiger charge is -2.31. The number of fused-ring (bicyclic) bond motifs is 1. The number of carbonyl (C=O) groups is 2. The molecule has 1 atom stereocenters. The molecule has 0 radical (unpaired) electrons. The first kappa shape index (κ1) is 20.4. The van der Waals surface area contributed by atoms with Crippen molar-refractivity contribution in [1.29, 1.82) is 0 Å². The van der Waals surface area contributed by atoms with E-state index in [1.54, 1.807) is 6.07 Å². The summed E-state index contributed by atoms with van der Waals surface area (Å²) in [6, 6.07) is 9.71. The summed E-state index contributed by atoms with van der Waals surface area (Å²) in [6.45, 7) is 4.51. The summed E-state index contributed by atoms with van der Waals surface area (Å²) in [5, 5.41) is 10.1. The summed E-state index contributed by atoms with van der Waals surface area (Å²) in [7, 11) is 0. The van der Waals surface area contributed by atoms with Crippen molar-refractivity contribution in [2.24, 2.45) is 5.92 Å². The van der Waals surface area contributed by atoms with Gasteiger partial charge in [0.1, 0.15) is 12.4 Å². The Morgan fingerprint density at radius 3 is 2.57 bits per heavy atom. The molecule has 160 valence electrons. The molecule has 2 aliphatic rings. The third-order valence-corrected chi connectivity index (χ3v) is 6.00. The van der Waals surface area contributed by atoms with E-state index < -0.39 is 0 Å². The van der Waals surface area contributed by atoms with Crippen LogP contribution in [0.1, 0.15) is 67.3 Å². The molecule has 2 aromatic rings. The fraction of sp³-hybridized carbons (Fsp3) is 0.522. The van der Waals surface area contributed by atoms with Gasteiger partial charge in [-0.1, -0.05) is 37.2 Å². The zero-order valence-electron chi connectivity index (χ0n) is 17.5. The van der Waals surface area contributed by atoms with Crippen LogP contribution in [0.2, 0.25) is 0 Å². The van der Waals surface area contributed by atoms with Crippen LogP contribution in [0.3, 0.4) is 0 Å². The Labute approximate surface area is 176 Å². The molecule has 2 heterocycles. The number of ether oxygens (including phenoxy) is 1. The first-order chi connectivity index (χ1) is 14.5.